The van der Waals surface area contributed by atoms with Gasteiger partial charge in [-0.15, -0.1) is 0 Å². The molecule has 0 N–H and O–H groups in total. The van der Waals surface area contributed by atoms with E-state index >= 15 is 0 Å². The van der Waals surface area contributed by atoms with E-state index in [1.54, 1.807) is 14.0 Å². The summed E-state index contributed by atoms with van der Waals surface area (Å²) in [5.74, 6) is 0.930. The van der Waals surface area contributed by atoms with Crippen LogP contribution in [0.15, 0.2) is 78.9 Å². The minimum Gasteiger partial charge on any atom is -0.497 e. The van der Waals surface area contributed by atoms with E-state index in [0.29, 0.717) is 6.42 Å². The van der Waals surface area contributed by atoms with Crippen molar-refractivity contribution in [2.24, 2.45) is 0 Å². The van der Waals surface area contributed by atoms with Crippen LogP contribution in [0.25, 0.3) is 22.7 Å². The summed E-state index contributed by atoms with van der Waals surface area (Å²) in [6.07, 6.45) is 2.53. The van der Waals surface area contributed by atoms with Crippen molar-refractivity contribution in [1.82, 2.24) is 4.98 Å². The summed E-state index contributed by atoms with van der Waals surface area (Å²) in [4.78, 5) is 21.9. The van der Waals surface area contributed by atoms with Crippen molar-refractivity contribution >= 4 is 39.8 Å². The van der Waals surface area contributed by atoms with E-state index in [1.165, 1.54) is 0 Å². The highest BCUT2D eigenvalue weighted by Crippen LogP contribution is 2.44. The molecule has 2 heterocycles. The van der Waals surface area contributed by atoms with Gasteiger partial charge in [0, 0.05) is 42.8 Å². The lowest BCUT2D eigenvalue weighted by molar-refractivity contribution is -0.117. The molecular formula is C30H29N3O2. The van der Waals surface area contributed by atoms with Crippen LogP contribution in [0.4, 0.5) is 11.4 Å². The maximum Gasteiger partial charge on any atom is 0.132 e. The van der Waals surface area contributed by atoms with Crippen molar-refractivity contribution in [2.45, 2.75) is 19.4 Å². The molecular weight excluding hydrogens is 434 g/mol. The van der Waals surface area contributed by atoms with E-state index < -0.39 is 0 Å². The number of aromatic nitrogens is 1. The predicted molar refractivity (Wildman–Crippen MR) is 144 cm³/mol. The topological polar surface area (TPSA) is 45.7 Å². The van der Waals surface area contributed by atoms with Gasteiger partial charge in [-0.05, 0) is 67.1 Å². The molecule has 0 saturated heterocycles. The van der Waals surface area contributed by atoms with Gasteiger partial charge in [-0.25, -0.2) is 4.98 Å². The summed E-state index contributed by atoms with van der Waals surface area (Å²) in [7, 11) is 5.73. The van der Waals surface area contributed by atoms with Gasteiger partial charge in [0.2, 0.25) is 0 Å². The van der Waals surface area contributed by atoms with Crippen LogP contribution < -0.4 is 14.5 Å². The van der Waals surface area contributed by atoms with Gasteiger partial charge in [-0.3, -0.25) is 4.79 Å². The summed E-state index contributed by atoms with van der Waals surface area (Å²) >= 11 is 0. The zero-order chi connectivity index (χ0) is 24.5. The Balaban J connectivity index is 1.74. The summed E-state index contributed by atoms with van der Waals surface area (Å²) in [5, 5.41) is 1.07. The molecule has 4 aromatic rings. The molecule has 176 valence electrons. The van der Waals surface area contributed by atoms with E-state index in [9.17, 15) is 4.79 Å². The Bertz CT molecular complexity index is 1410. The summed E-state index contributed by atoms with van der Waals surface area (Å²) in [6, 6.07) is 26.7. The first-order valence-electron chi connectivity index (χ1n) is 11.8. The van der Waals surface area contributed by atoms with Gasteiger partial charge in [0.15, 0.2) is 0 Å². The van der Waals surface area contributed by atoms with Gasteiger partial charge in [-0.1, -0.05) is 30.3 Å². The molecule has 5 rings (SSSR count). The van der Waals surface area contributed by atoms with Crippen molar-refractivity contribution in [3.63, 3.8) is 0 Å². The van der Waals surface area contributed by atoms with Crippen molar-refractivity contribution in [3.8, 4) is 5.75 Å². The molecule has 35 heavy (non-hydrogen) atoms. The molecule has 0 spiro atoms. The molecule has 0 fully saturated rings. The number of nitrogens with zero attached hydrogens (tertiary/aromatic N) is 3. The molecule has 1 unspecified atom stereocenters. The van der Waals surface area contributed by atoms with Crippen molar-refractivity contribution in [1.29, 1.82) is 0 Å². The fourth-order valence-corrected chi connectivity index (χ4v) is 4.72. The van der Waals surface area contributed by atoms with E-state index in [-0.39, 0.29) is 11.8 Å². The number of benzene rings is 3. The highest BCUT2D eigenvalue weighted by molar-refractivity contribution is 5.96. The smallest absolute Gasteiger partial charge is 0.132 e. The number of carbonyl (C=O) groups is 1. The molecule has 5 heteroatoms. The maximum absolute atomic E-state index is 12.5. The van der Waals surface area contributed by atoms with E-state index in [1.807, 2.05) is 56.6 Å². The average Bonchev–Trinajstić information content (AvgIpc) is 2.87. The Morgan fingerprint density at radius 1 is 1.00 bits per heavy atom. The van der Waals surface area contributed by atoms with E-state index in [0.717, 1.165) is 50.5 Å². The molecule has 1 aliphatic rings. The number of rotatable bonds is 6. The van der Waals surface area contributed by atoms with Crippen LogP contribution in [-0.2, 0) is 4.79 Å². The Labute approximate surface area is 206 Å². The minimum atomic E-state index is -0.179. The summed E-state index contributed by atoms with van der Waals surface area (Å²) in [6.45, 7) is 1.66. The Morgan fingerprint density at radius 3 is 2.37 bits per heavy atom. The highest BCUT2D eigenvalue weighted by Gasteiger charge is 2.32. The lowest BCUT2D eigenvalue weighted by Crippen LogP contribution is -2.32. The maximum atomic E-state index is 12.5. The second-order valence-corrected chi connectivity index (χ2v) is 9.12. The van der Waals surface area contributed by atoms with Crippen LogP contribution in [0.2, 0.25) is 0 Å². The third kappa shape index (κ3) is 4.37. The summed E-state index contributed by atoms with van der Waals surface area (Å²) in [5.41, 5.74) is 7.13. The van der Waals surface area contributed by atoms with Crippen LogP contribution in [0.1, 0.15) is 36.2 Å². The number of hydrogen-bond acceptors (Lipinski definition) is 5. The molecule has 1 aromatic heterocycles. The molecule has 0 saturated carbocycles. The van der Waals surface area contributed by atoms with Crippen molar-refractivity contribution in [2.75, 3.05) is 31.0 Å². The van der Waals surface area contributed by atoms with Crippen molar-refractivity contribution in [3.05, 3.63) is 95.7 Å². The fraction of sp³-hybridized carbons (Fsp3) is 0.200. The predicted octanol–water partition coefficient (Wildman–Crippen LogP) is 6.35. The molecule has 1 aliphatic heterocycles. The first-order valence-corrected chi connectivity index (χ1v) is 11.8. The van der Waals surface area contributed by atoms with Crippen LogP contribution in [0.3, 0.4) is 0 Å². The Kier molecular flexibility index (Phi) is 6.00. The zero-order valence-electron chi connectivity index (χ0n) is 20.5. The Hall–Kier alpha value is -4.12. The normalized spacial score (nSPS) is 14.9. The monoisotopic (exact) mass is 463 g/mol. The number of ketones is 1. The van der Waals surface area contributed by atoms with Crippen LogP contribution in [0.5, 0.6) is 5.75 Å². The number of fused-ring (bicyclic) bond motifs is 2. The second kappa shape index (κ2) is 9.26. The second-order valence-electron chi connectivity index (χ2n) is 9.12. The lowest BCUT2D eigenvalue weighted by Gasteiger charge is -2.39. The first kappa shape index (κ1) is 22.7. The molecule has 5 nitrogen and oxygen atoms in total. The molecule has 3 aromatic carbocycles. The van der Waals surface area contributed by atoms with Crippen LogP contribution in [0, 0.1) is 0 Å². The van der Waals surface area contributed by atoms with Gasteiger partial charge >= 0.3 is 0 Å². The number of methoxy groups -OCH3 is 1. The molecule has 0 bridgehead atoms. The number of hydrogen-bond donors (Lipinski definition) is 0. The number of Topliss-reactive ketones (excluding diaryl/α,β-unsaturated/α-hetero) is 1. The molecule has 1 atom stereocenters. The van der Waals surface area contributed by atoms with Gasteiger partial charge in [-0.2, -0.15) is 0 Å². The van der Waals surface area contributed by atoms with Crippen LogP contribution in [-0.4, -0.2) is 32.0 Å². The van der Waals surface area contributed by atoms with Gasteiger partial charge < -0.3 is 14.5 Å². The number of ether oxygens (including phenoxy) is 1. The molecule has 0 amide bonds. The first-order chi connectivity index (χ1) is 16.9. The summed E-state index contributed by atoms with van der Waals surface area (Å²) < 4.78 is 5.40. The highest BCUT2D eigenvalue weighted by atomic mass is 16.5. The minimum absolute atomic E-state index is 0.136. The molecule has 0 radical (unpaired) electrons. The number of pyridine rings is 1. The number of anilines is 2. The van der Waals surface area contributed by atoms with E-state index in [2.05, 4.69) is 52.3 Å². The molecule has 0 aliphatic carbocycles. The average molecular weight is 464 g/mol. The number of carbonyl (C=O) groups excluding carboxylic acids is 1. The quantitative estimate of drug-likeness (QED) is 0.333. The van der Waals surface area contributed by atoms with Gasteiger partial charge in [0.05, 0.1) is 30.1 Å². The zero-order valence-corrected chi connectivity index (χ0v) is 20.5. The van der Waals surface area contributed by atoms with Crippen molar-refractivity contribution < 1.29 is 9.53 Å². The number of para-hydroxylation sites is 1. The van der Waals surface area contributed by atoms with E-state index in [4.69, 9.17) is 9.72 Å². The van der Waals surface area contributed by atoms with Crippen LogP contribution >= 0.6 is 0 Å². The SMILES string of the molecule is COc1ccc(N2C(c3ccc(N(C)C)cc3)=Cc3nc4ccccc4cc3C2CC(C)=O)cc1. The third-order valence-corrected chi connectivity index (χ3v) is 6.50. The third-order valence-electron chi connectivity index (χ3n) is 6.50. The fourth-order valence-electron chi connectivity index (χ4n) is 4.72. The largest absolute Gasteiger partial charge is 0.497 e. The standard InChI is InChI=1S/C30H29N3O2/c1-20(34)17-30-26-18-22-7-5-6-8-27(22)31-28(26)19-29(21-9-11-23(12-10-21)32(2)3)33(30)24-13-15-25(35-4)16-14-24/h5-16,18-19,30H,17H2,1-4H3. The lowest BCUT2D eigenvalue weighted by atomic mass is 9.90. The van der Waals surface area contributed by atoms with Gasteiger partial charge in [0.1, 0.15) is 11.5 Å². The van der Waals surface area contributed by atoms with Gasteiger partial charge in [0.25, 0.3) is 0 Å². The Morgan fingerprint density at radius 2 is 1.71 bits per heavy atom.